The molecule has 1 aliphatic carbocycles. The highest BCUT2D eigenvalue weighted by Crippen LogP contribution is 2.37. The molecule has 1 aromatic carbocycles. The summed E-state index contributed by atoms with van der Waals surface area (Å²) >= 11 is 0. The predicted octanol–water partition coefficient (Wildman–Crippen LogP) is 4.39. The summed E-state index contributed by atoms with van der Waals surface area (Å²) in [5.74, 6) is 0. The van der Waals surface area contributed by atoms with Gasteiger partial charge in [0.05, 0.1) is 16.4 Å². The Balaban J connectivity index is 2.12. The van der Waals surface area contributed by atoms with Crippen molar-refractivity contribution >= 4 is 5.69 Å². The van der Waals surface area contributed by atoms with Gasteiger partial charge in [0.1, 0.15) is 0 Å². The number of nitriles is 1. The summed E-state index contributed by atoms with van der Waals surface area (Å²) in [7, 11) is 0. The molecule has 0 aliphatic heterocycles. The molecule has 2 rings (SSSR count). The van der Waals surface area contributed by atoms with Crippen molar-refractivity contribution in [2.24, 2.45) is 5.41 Å². The van der Waals surface area contributed by atoms with Crippen LogP contribution in [0.1, 0.15) is 50.5 Å². The molecule has 0 radical (unpaired) electrons. The van der Waals surface area contributed by atoms with E-state index in [0.29, 0.717) is 6.42 Å². The van der Waals surface area contributed by atoms with E-state index in [4.69, 9.17) is 0 Å². The Kier molecular flexibility index (Phi) is 4.73. The number of benzene rings is 1. The normalized spacial score (nSPS) is 18.6. The van der Waals surface area contributed by atoms with E-state index in [-0.39, 0.29) is 16.0 Å². The smallest absolute Gasteiger partial charge is 0.258 e. The van der Waals surface area contributed by atoms with Crippen LogP contribution in [0, 0.1) is 26.9 Å². The van der Waals surface area contributed by atoms with Crippen LogP contribution in [0.15, 0.2) is 24.3 Å². The molecule has 0 unspecified atom stereocenters. The second-order valence-electron chi connectivity index (χ2n) is 5.76. The number of hydrogen-bond acceptors (Lipinski definition) is 3. The maximum atomic E-state index is 10.7. The Hall–Kier alpha value is -1.89. The summed E-state index contributed by atoms with van der Waals surface area (Å²) in [5, 5.41) is 20.3. The summed E-state index contributed by atoms with van der Waals surface area (Å²) in [6, 6.07) is 9.17. The van der Waals surface area contributed by atoms with Gasteiger partial charge >= 0.3 is 0 Å². The van der Waals surface area contributed by atoms with Gasteiger partial charge < -0.3 is 0 Å². The number of non-ortho nitro benzene ring substituents is 1. The molecule has 4 heteroatoms. The topological polar surface area (TPSA) is 66.9 Å². The van der Waals surface area contributed by atoms with Crippen LogP contribution in [0.4, 0.5) is 5.69 Å². The highest BCUT2D eigenvalue weighted by Gasteiger charge is 2.30. The van der Waals surface area contributed by atoms with Gasteiger partial charge in [-0.25, -0.2) is 0 Å². The first-order valence-electron chi connectivity index (χ1n) is 7.30. The van der Waals surface area contributed by atoms with Crippen LogP contribution >= 0.6 is 0 Å². The molecular weight excluding hydrogens is 252 g/mol. The van der Waals surface area contributed by atoms with Crippen molar-refractivity contribution in [2.75, 3.05) is 0 Å². The summed E-state index contributed by atoms with van der Waals surface area (Å²) in [6.45, 7) is 0. The fourth-order valence-electron chi connectivity index (χ4n) is 3.04. The number of nitro groups is 1. The van der Waals surface area contributed by atoms with Crippen LogP contribution in [-0.2, 0) is 6.42 Å². The lowest BCUT2D eigenvalue weighted by Crippen LogP contribution is -2.23. The van der Waals surface area contributed by atoms with Crippen molar-refractivity contribution in [3.8, 4) is 6.07 Å². The molecule has 20 heavy (non-hydrogen) atoms. The number of hydrogen-bond donors (Lipinski definition) is 0. The quantitative estimate of drug-likeness (QED) is 0.605. The van der Waals surface area contributed by atoms with Crippen molar-refractivity contribution in [3.05, 3.63) is 39.9 Å². The lowest BCUT2D eigenvalue weighted by molar-refractivity contribution is -0.384. The van der Waals surface area contributed by atoms with E-state index in [9.17, 15) is 15.4 Å². The molecule has 0 spiro atoms. The molecule has 0 N–H and O–H groups in total. The summed E-state index contributed by atoms with van der Waals surface area (Å²) in [4.78, 5) is 10.3. The van der Waals surface area contributed by atoms with Gasteiger partial charge in [0.2, 0.25) is 0 Å². The first-order valence-corrected chi connectivity index (χ1v) is 7.30. The fraction of sp³-hybridized carbons (Fsp3) is 0.562. The van der Waals surface area contributed by atoms with Gasteiger partial charge in [0.15, 0.2) is 0 Å². The van der Waals surface area contributed by atoms with Crippen LogP contribution in [0.25, 0.3) is 0 Å². The minimum absolute atomic E-state index is 0.109. The lowest BCUT2D eigenvalue weighted by Gasteiger charge is -2.28. The molecule has 106 valence electrons. The van der Waals surface area contributed by atoms with Crippen molar-refractivity contribution in [3.63, 3.8) is 0 Å². The zero-order valence-corrected chi connectivity index (χ0v) is 11.7. The standard InChI is InChI=1S/C16H20N2O2/c17-13-16(10-4-2-1-3-5-11-16)12-14-6-8-15(9-7-14)18(19)20/h6-9H,1-5,10-12H2. The largest absolute Gasteiger partial charge is 0.269 e. The van der Waals surface area contributed by atoms with Crippen LogP contribution in [0.5, 0.6) is 0 Å². The van der Waals surface area contributed by atoms with Crippen molar-refractivity contribution < 1.29 is 4.92 Å². The van der Waals surface area contributed by atoms with Crippen LogP contribution in [0.2, 0.25) is 0 Å². The monoisotopic (exact) mass is 272 g/mol. The average Bonchev–Trinajstić information content (AvgIpc) is 2.43. The molecule has 1 saturated carbocycles. The Morgan fingerprint density at radius 1 is 1.10 bits per heavy atom. The van der Waals surface area contributed by atoms with Gasteiger partial charge in [0.25, 0.3) is 5.69 Å². The highest BCUT2D eigenvalue weighted by atomic mass is 16.6. The maximum Gasteiger partial charge on any atom is 0.269 e. The van der Waals surface area contributed by atoms with Crippen LogP contribution < -0.4 is 0 Å². The van der Waals surface area contributed by atoms with E-state index in [0.717, 1.165) is 31.2 Å². The van der Waals surface area contributed by atoms with E-state index < -0.39 is 0 Å². The van der Waals surface area contributed by atoms with E-state index in [1.54, 1.807) is 12.1 Å². The molecule has 0 aromatic heterocycles. The molecule has 0 saturated heterocycles. The van der Waals surface area contributed by atoms with Gasteiger partial charge in [-0.1, -0.05) is 44.2 Å². The van der Waals surface area contributed by atoms with Crippen molar-refractivity contribution in [1.29, 1.82) is 5.26 Å². The van der Waals surface area contributed by atoms with Crippen LogP contribution in [0.3, 0.4) is 0 Å². The predicted molar refractivity (Wildman–Crippen MR) is 77.2 cm³/mol. The van der Waals surface area contributed by atoms with Crippen molar-refractivity contribution in [1.82, 2.24) is 0 Å². The fourth-order valence-corrected chi connectivity index (χ4v) is 3.04. The van der Waals surface area contributed by atoms with Gasteiger partial charge in [-0.05, 0) is 24.8 Å². The minimum Gasteiger partial charge on any atom is -0.258 e. The minimum atomic E-state index is -0.389. The second-order valence-corrected chi connectivity index (χ2v) is 5.76. The zero-order chi connectivity index (χ0) is 14.4. The Labute approximate surface area is 119 Å². The van der Waals surface area contributed by atoms with Crippen molar-refractivity contribution in [2.45, 2.75) is 51.4 Å². The first-order chi connectivity index (χ1) is 9.65. The first kappa shape index (κ1) is 14.5. The lowest BCUT2D eigenvalue weighted by atomic mass is 9.73. The number of rotatable bonds is 3. The molecule has 0 heterocycles. The van der Waals surface area contributed by atoms with E-state index in [2.05, 4.69) is 6.07 Å². The van der Waals surface area contributed by atoms with Gasteiger partial charge in [-0.3, -0.25) is 10.1 Å². The summed E-state index contributed by atoms with van der Waals surface area (Å²) < 4.78 is 0. The van der Waals surface area contributed by atoms with E-state index in [1.807, 2.05) is 0 Å². The van der Waals surface area contributed by atoms with Gasteiger partial charge in [-0.15, -0.1) is 0 Å². The van der Waals surface area contributed by atoms with E-state index in [1.165, 1.54) is 31.4 Å². The summed E-state index contributed by atoms with van der Waals surface area (Å²) in [6.07, 6.45) is 8.52. The molecule has 1 aliphatic rings. The van der Waals surface area contributed by atoms with Gasteiger partial charge in [0, 0.05) is 12.1 Å². The van der Waals surface area contributed by atoms with Gasteiger partial charge in [-0.2, -0.15) is 5.26 Å². The SMILES string of the molecule is N#CC1(Cc2ccc([N+](=O)[O-])cc2)CCCCCCC1. The zero-order valence-electron chi connectivity index (χ0n) is 11.7. The third kappa shape index (κ3) is 3.57. The maximum absolute atomic E-state index is 10.7. The second kappa shape index (κ2) is 6.51. The summed E-state index contributed by atoms with van der Waals surface area (Å²) in [5.41, 5.74) is 0.853. The molecule has 0 atom stereocenters. The number of nitrogens with zero attached hydrogens (tertiary/aromatic N) is 2. The third-order valence-corrected chi connectivity index (χ3v) is 4.24. The molecule has 1 fully saturated rings. The molecule has 0 bridgehead atoms. The molecule has 4 nitrogen and oxygen atoms in total. The number of nitro benzene ring substituents is 1. The molecule has 1 aromatic rings. The van der Waals surface area contributed by atoms with E-state index >= 15 is 0 Å². The Morgan fingerprint density at radius 2 is 1.65 bits per heavy atom. The third-order valence-electron chi connectivity index (χ3n) is 4.24. The molecule has 0 amide bonds. The van der Waals surface area contributed by atoms with Crippen LogP contribution in [-0.4, -0.2) is 4.92 Å². The molecular formula is C16H20N2O2. The highest BCUT2D eigenvalue weighted by molar-refractivity contribution is 5.33. The average molecular weight is 272 g/mol. The Bertz CT molecular complexity index is 494. The Morgan fingerprint density at radius 3 is 2.15 bits per heavy atom.